The van der Waals surface area contributed by atoms with Crippen LogP contribution in [-0.2, 0) is 0 Å². The highest BCUT2D eigenvalue weighted by Crippen LogP contribution is 2.28. The van der Waals surface area contributed by atoms with Gasteiger partial charge in [0.25, 0.3) is 5.91 Å². The Morgan fingerprint density at radius 1 is 1.26 bits per heavy atom. The Morgan fingerprint density at radius 3 is 2.79 bits per heavy atom. The second-order valence-corrected chi connectivity index (χ2v) is 9.90. The monoisotopic (exact) mass is 530 g/mol. The first-order valence-corrected chi connectivity index (χ1v) is 12.4. The number of rotatable bonds is 8. The van der Waals surface area contributed by atoms with E-state index in [2.05, 4.69) is 40.6 Å². The molecule has 4 aromatic rings. The molecule has 3 N–H and O–H groups in total. The highest BCUT2D eigenvalue weighted by atomic mass is 19.1. The van der Waals surface area contributed by atoms with Crippen molar-refractivity contribution < 1.29 is 14.3 Å². The summed E-state index contributed by atoms with van der Waals surface area (Å²) in [4.78, 5) is 32.3. The van der Waals surface area contributed by atoms with Crippen LogP contribution in [0.2, 0.25) is 0 Å². The zero-order chi connectivity index (χ0) is 27.6. The third kappa shape index (κ3) is 5.60. The lowest BCUT2D eigenvalue weighted by molar-refractivity contribution is -0.00177. The SMILES string of the molecule is CC(C)(O)[C@H](F)CNC(=O)c1cnc(-c2cnn3cc(C#N)cnc23)cc1N[C@@H]1CCN(c2cncnc2)C1. The fraction of sp³-hybridized carbons (Fsp3) is 0.346. The third-order valence-electron chi connectivity index (χ3n) is 6.58. The number of hydrogen-bond donors (Lipinski definition) is 3. The number of halogens is 1. The van der Waals surface area contributed by atoms with E-state index in [9.17, 15) is 14.3 Å². The normalized spacial score (nSPS) is 16.2. The predicted octanol–water partition coefficient (Wildman–Crippen LogP) is 1.98. The molecule has 12 nitrogen and oxygen atoms in total. The smallest absolute Gasteiger partial charge is 0.255 e. The number of amides is 1. The molecule has 200 valence electrons. The summed E-state index contributed by atoms with van der Waals surface area (Å²) >= 11 is 0. The van der Waals surface area contributed by atoms with Crippen LogP contribution in [0.25, 0.3) is 16.9 Å². The maximum Gasteiger partial charge on any atom is 0.255 e. The Bertz CT molecular complexity index is 1530. The van der Waals surface area contributed by atoms with Crippen LogP contribution >= 0.6 is 0 Å². The van der Waals surface area contributed by atoms with Gasteiger partial charge in [0.2, 0.25) is 0 Å². The van der Waals surface area contributed by atoms with Crippen molar-refractivity contribution in [2.45, 2.75) is 38.1 Å². The summed E-state index contributed by atoms with van der Waals surface area (Å²) in [5.41, 5.74) is 2.08. The molecule has 4 aromatic heterocycles. The van der Waals surface area contributed by atoms with Crippen molar-refractivity contribution in [3.05, 3.63) is 60.7 Å². The van der Waals surface area contributed by atoms with Gasteiger partial charge in [-0.2, -0.15) is 10.4 Å². The van der Waals surface area contributed by atoms with E-state index in [1.807, 2.05) is 6.07 Å². The molecule has 2 atom stereocenters. The summed E-state index contributed by atoms with van der Waals surface area (Å²) in [6, 6.07) is 3.77. The van der Waals surface area contributed by atoms with Crippen molar-refractivity contribution in [2.75, 3.05) is 29.9 Å². The van der Waals surface area contributed by atoms with Crippen molar-refractivity contribution >= 4 is 22.9 Å². The van der Waals surface area contributed by atoms with E-state index < -0.39 is 17.7 Å². The van der Waals surface area contributed by atoms with E-state index in [0.29, 0.717) is 34.7 Å². The lowest BCUT2D eigenvalue weighted by Crippen LogP contribution is -2.42. The van der Waals surface area contributed by atoms with Gasteiger partial charge in [0.05, 0.1) is 70.7 Å². The molecule has 1 aliphatic rings. The second-order valence-electron chi connectivity index (χ2n) is 9.90. The zero-order valence-corrected chi connectivity index (χ0v) is 21.4. The van der Waals surface area contributed by atoms with Gasteiger partial charge in [0.1, 0.15) is 18.6 Å². The van der Waals surface area contributed by atoms with Crippen LogP contribution in [0.15, 0.2) is 49.6 Å². The summed E-state index contributed by atoms with van der Waals surface area (Å²) in [7, 11) is 0. The summed E-state index contributed by atoms with van der Waals surface area (Å²) in [6.45, 7) is 3.78. The number of nitrogens with one attached hydrogen (secondary N) is 2. The van der Waals surface area contributed by atoms with Crippen molar-refractivity contribution in [1.29, 1.82) is 5.26 Å². The lowest BCUT2D eigenvalue weighted by atomic mass is 10.0. The molecule has 39 heavy (non-hydrogen) atoms. The number of aromatic nitrogens is 6. The first kappa shape index (κ1) is 25.9. The average molecular weight is 531 g/mol. The summed E-state index contributed by atoms with van der Waals surface area (Å²) < 4.78 is 15.8. The molecule has 5 heterocycles. The van der Waals surface area contributed by atoms with Gasteiger partial charge < -0.3 is 20.6 Å². The van der Waals surface area contributed by atoms with Gasteiger partial charge in [-0.15, -0.1) is 0 Å². The molecule has 1 fully saturated rings. The van der Waals surface area contributed by atoms with Gasteiger partial charge >= 0.3 is 0 Å². The van der Waals surface area contributed by atoms with Gasteiger partial charge in [-0.3, -0.25) is 9.78 Å². The molecule has 1 amide bonds. The highest BCUT2D eigenvalue weighted by molar-refractivity contribution is 6.00. The quantitative estimate of drug-likeness (QED) is 0.308. The van der Waals surface area contributed by atoms with E-state index in [0.717, 1.165) is 18.7 Å². The molecule has 13 heteroatoms. The number of pyridine rings is 1. The maximum atomic E-state index is 14.3. The summed E-state index contributed by atoms with van der Waals surface area (Å²) in [6.07, 6.45) is 10.2. The minimum absolute atomic E-state index is 0.00229. The lowest BCUT2D eigenvalue weighted by Gasteiger charge is -2.23. The van der Waals surface area contributed by atoms with Crippen LogP contribution < -0.4 is 15.5 Å². The molecule has 0 radical (unpaired) electrons. The molecule has 0 aliphatic carbocycles. The van der Waals surface area contributed by atoms with E-state index in [1.165, 1.54) is 37.1 Å². The molecule has 1 aliphatic heterocycles. The van der Waals surface area contributed by atoms with Crippen LogP contribution in [0, 0.1) is 11.3 Å². The summed E-state index contributed by atoms with van der Waals surface area (Å²) in [5.74, 6) is -0.522. The number of carbonyl (C=O) groups is 1. The molecule has 0 spiro atoms. The van der Waals surface area contributed by atoms with Crippen LogP contribution in [0.3, 0.4) is 0 Å². The molecule has 1 saturated heterocycles. The van der Waals surface area contributed by atoms with Gasteiger partial charge in [0.15, 0.2) is 5.65 Å². The Morgan fingerprint density at radius 2 is 2.05 bits per heavy atom. The molecule has 0 bridgehead atoms. The number of nitriles is 1. The predicted molar refractivity (Wildman–Crippen MR) is 141 cm³/mol. The van der Waals surface area contributed by atoms with E-state index >= 15 is 0 Å². The first-order chi connectivity index (χ1) is 18.7. The van der Waals surface area contributed by atoms with Crippen molar-refractivity contribution in [3.8, 4) is 17.3 Å². The number of hydrogen-bond acceptors (Lipinski definition) is 10. The largest absolute Gasteiger partial charge is 0.387 e. The molecular weight excluding hydrogens is 503 g/mol. The molecular formula is C26H27FN10O2. The van der Waals surface area contributed by atoms with E-state index in [-0.39, 0.29) is 18.2 Å². The van der Waals surface area contributed by atoms with Crippen molar-refractivity contribution in [1.82, 2.24) is 34.9 Å². The number of alkyl halides is 1. The molecule has 5 rings (SSSR count). The minimum Gasteiger partial charge on any atom is -0.387 e. The van der Waals surface area contributed by atoms with E-state index in [4.69, 9.17) is 5.26 Å². The maximum absolute atomic E-state index is 14.3. The standard InChI is InChI=1S/C26H27FN10O2/c1-26(2,39)23(27)12-33-25(38)20-10-31-21(19-11-34-37-13-16(6-28)7-32-24(19)37)5-22(20)35-17-3-4-36(14-17)18-8-29-15-30-9-18/h5,7-11,13,15,17,23,39H,3-4,12,14H2,1-2H3,(H,31,35)(H,33,38)/t17-,23-/m1/s1. The van der Waals surface area contributed by atoms with Gasteiger partial charge in [-0.25, -0.2) is 23.9 Å². The number of fused-ring (bicyclic) bond motifs is 1. The Balaban J connectivity index is 1.44. The topological polar surface area (TPSA) is 157 Å². The number of nitrogens with zero attached hydrogens (tertiary/aromatic N) is 8. The Labute approximate surface area is 223 Å². The fourth-order valence-electron chi connectivity index (χ4n) is 4.33. The molecule has 0 unspecified atom stereocenters. The minimum atomic E-state index is -1.65. The second kappa shape index (κ2) is 10.6. The van der Waals surface area contributed by atoms with Gasteiger partial charge in [-0.05, 0) is 26.3 Å². The fourth-order valence-corrected chi connectivity index (χ4v) is 4.33. The van der Waals surface area contributed by atoms with Gasteiger partial charge in [0, 0.05) is 31.5 Å². The van der Waals surface area contributed by atoms with Crippen molar-refractivity contribution in [2.24, 2.45) is 0 Å². The van der Waals surface area contributed by atoms with Crippen LogP contribution in [0.1, 0.15) is 36.2 Å². The zero-order valence-electron chi connectivity index (χ0n) is 21.4. The number of aliphatic hydroxyl groups is 1. The molecule has 0 saturated carbocycles. The number of anilines is 2. The van der Waals surface area contributed by atoms with Crippen LogP contribution in [0.5, 0.6) is 0 Å². The Kier molecular flexibility index (Phi) is 7.03. The highest BCUT2D eigenvalue weighted by Gasteiger charge is 2.28. The van der Waals surface area contributed by atoms with Crippen LogP contribution in [-0.4, -0.2) is 78.0 Å². The van der Waals surface area contributed by atoms with E-state index in [1.54, 1.807) is 30.9 Å². The average Bonchev–Trinajstić information content (AvgIpc) is 3.58. The van der Waals surface area contributed by atoms with Crippen molar-refractivity contribution in [3.63, 3.8) is 0 Å². The number of carbonyl (C=O) groups excluding carboxylic acids is 1. The van der Waals surface area contributed by atoms with Crippen LogP contribution in [0.4, 0.5) is 15.8 Å². The van der Waals surface area contributed by atoms with Gasteiger partial charge in [-0.1, -0.05) is 0 Å². The Hall–Kier alpha value is -4.70. The third-order valence-corrected chi connectivity index (χ3v) is 6.58. The summed E-state index contributed by atoms with van der Waals surface area (Å²) in [5, 5.41) is 29.4. The first-order valence-electron chi connectivity index (χ1n) is 12.4. The molecule has 0 aromatic carbocycles.